The van der Waals surface area contributed by atoms with Crippen molar-refractivity contribution in [1.29, 1.82) is 0 Å². The lowest BCUT2D eigenvalue weighted by molar-refractivity contribution is 0.415. The van der Waals surface area contributed by atoms with Crippen molar-refractivity contribution in [2.75, 3.05) is 7.11 Å². The van der Waals surface area contributed by atoms with E-state index in [0.717, 1.165) is 22.5 Å². The number of hydrogen-bond donors (Lipinski definition) is 0. The van der Waals surface area contributed by atoms with Gasteiger partial charge in [-0.25, -0.2) is 4.98 Å². The molecule has 0 N–H and O–H groups in total. The van der Waals surface area contributed by atoms with E-state index in [-0.39, 0.29) is 0 Å². The largest absolute Gasteiger partial charge is 0.497 e. The Bertz CT molecular complexity index is 1400. The third-order valence-electron chi connectivity index (χ3n) is 6.29. The van der Waals surface area contributed by atoms with E-state index in [4.69, 9.17) is 9.72 Å². The summed E-state index contributed by atoms with van der Waals surface area (Å²) in [6.07, 6.45) is 2.05. The number of para-hydroxylation sites is 1. The second kappa shape index (κ2) is 7.42. The van der Waals surface area contributed by atoms with Gasteiger partial charge in [-0.2, -0.15) is 0 Å². The maximum atomic E-state index is 5.54. The molecule has 0 aliphatic heterocycles. The first-order valence-electron chi connectivity index (χ1n) is 11.0. The third-order valence-corrected chi connectivity index (χ3v) is 6.29. The molecule has 0 saturated heterocycles. The molecule has 5 aromatic rings. The molecule has 5 rings (SSSR count). The smallest absolute Gasteiger partial charge is 0.145 e. The first-order chi connectivity index (χ1) is 15.0. The van der Waals surface area contributed by atoms with Crippen LogP contribution in [0.5, 0.6) is 5.75 Å². The molecule has 0 bridgehead atoms. The molecule has 156 valence electrons. The summed E-state index contributed by atoms with van der Waals surface area (Å²) < 4.78 is 7.88. The zero-order chi connectivity index (χ0) is 21.7. The molecular formula is C28H28N2O. The summed E-state index contributed by atoms with van der Waals surface area (Å²) in [5, 5.41) is 3.53. The fourth-order valence-electron chi connectivity index (χ4n) is 4.78. The SMILES string of the molecule is COc1ccc2c3ccccc3n3c(-c4c(C(C)C)cccc4C(C)C)cnc3c2c1. The van der Waals surface area contributed by atoms with Crippen molar-refractivity contribution in [2.24, 2.45) is 0 Å². The molecule has 0 aliphatic rings. The van der Waals surface area contributed by atoms with Crippen molar-refractivity contribution >= 4 is 27.3 Å². The normalized spacial score (nSPS) is 12.0. The van der Waals surface area contributed by atoms with E-state index < -0.39 is 0 Å². The van der Waals surface area contributed by atoms with Crippen LogP contribution < -0.4 is 4.74 Å². The van der Waals surface area contributed by atoms with E-state index >= 15 is 0 Å². The van der Waals surface area contributed by atoms with E-state index in [9.17, 15) is 0 Å². The fraction of sp³-hybridized carbons (Fsp3) is 0.250. The lowest BCUT2D eigenvalue weighted by Gasteiger charge is -2.20. The minimum absolute atomic E-state index is 0.422. The minimum atomic E-state index is 0.422. The number of hydrogen-bond acceptors (Lipinski definition) is 2. The molecular weight excluding hydrogens is 380 g/mol. The van der Waals surface area contributed by atoms with E-state index in [1.54, 1.807) is 7.11 Å². The Morgan fingerprint density at radius 1 is 0.774 bits per heavy atom. The first kappa shape index (κ1) is 19.6. The topological polar surface area (TPSA) is 26.5 Å². The Kier molecular flexibility index (Phi) is 4.70. The molecule has 2 aromatic heterocycles. The number of imidazole rings is 1. The van der Waals surface area contributed by atoms with Crippen molar-refractivity contribution < 1.29 is 4.74 Å². The molecule has 3 heteroatoms. The van der Waals surface area contributed by atoms with Crippen molar-refractivity contribution in [3.63, 3.8) is 0 Å². The van der Waals surface area contributed by atoms with Gasteiger partial charge in [0, 0.05) is 16.3 Å². The maximum absolute atomic E-state index is 5.54. The zero-order valence-corrected chi connectivity index (χ0v) is 18.8. The van der Waals surface area contributed by atoms with Crippen LogP contribution in [0.15, 0.2) is 66.9 Å². The predicted molar refractivity (Wildman–Crippen MR) is 130 cm³/mol. The molecule has 0 fully saturated rings. The second-order valence-corrected chi connectivity index (χ2v) is 8.85. The Morgan fingerprint density at radius 2 is 1.48 bits per heavy atom. The number of benzene rings is 3. The van der Waals surface area contributed by atoms with Gasteiger partial charge in [-0.3, -0.25) is 4.40 Å². The molecule has 0 spiro atoms. The summed E-state index contributed by atoms with van der Waals surface area (Å²) in [5.74, 6) is 1.69. The van der Waals surface area contributed by atoms with Gasteiger partial charge in [0.15, 0.2) is 0 Å². The molecule has 0 atom stereocenters. The highest BCUT2D eigenvalue weighted by atomic mass is 16.5. The Balaban J connectivity index is 1.99. The average Bonchev–Trinajstić information content (AvgIpc) is 3.23. The number of pyridine rings is 1. The Morgan fingerprint density at radius 3 is 2.16 bits per heavy atom. The van der Waals surface area contributed by atoms with Crippen LogP contribution >= 0.6 is 0 Å². The van der Waals surface area contributed by atoms with E-state index in [1.807, 2.05) is 12.3 Å². The van der Waals surface area contributed by atoms with Crippen LogP contribution in [0.3, 0.4) is 0 Å². The summed E-state index contributed by atoms with van der Waals surface area (Å²) in [7, 11) is 1.71. The van der Waals surface area contributed by atoms with Crippen LogP contribution in [-0.4, -0.2) is 16.5 Å². The van der Waals surface area contributed by atoms with Crippen LogP contribution in [0.2, 0.25) is 0 Å². The van der Waals surface area contributed by atoms with Crippen molar-refractivity contribution in [3.05, 3.63) is 78.0 Å². The van der Waals surface area contributed by atoms with Crippen LogP contribution in [0, 0.1) is 0 Å². The van der Waals surface area contributed by atoms with E-state index in [0.29, 0.717) is 11.8 Å². The molecule has 3 nitrogen and oxygen atoms in total. The predicted octanol–water partition coefficient (Wildman–Crippen LogP) is 7.56. The van der Waals surface area contributed by atoms with Gasteiger partial charge < -0.3 is 4.74 Å². The van der Waals surface area contributed by atoms with Crippen molar-refractivity contribution in [2.45, 2.75) is 39.5 Å². The summed E-state index contributed by atoms with van der Waals surface area (Å²) in [5.41, 5.74) is 7.34. The van der Waals surface area contributed by atoms with Crippen LogP contribution in [-0.2, 0) is 0 Å². The summed E-state index contributed by atoms with van der Waals surface area (Å²) >= 11 is 0. The molecule has 3 aromatic carbocycles. The molecule has 0 amide bonds. The summed E-state index contributed by atoms with van der Waals surface area (Å²) in [4.78, 5) is 4.96. The van der Waals surface area contributed by atoms with Gasteiger partial charge in [0.2, 0.25) is 0 Å². The monoisotopic (exact) mass is 408 g/mol. The lowest BCUT2D eigenvalue weighted by Crippen LogP contribution is -2.02. The third kappa shape index (κ3) is 2.99. The highest BCUT2D eigenvalue weighted by Gasteiger charge is 2.21. The number of methoxy groups -OCH3 is 1. The highest BCUT2D eigenvalue weighted by Crippen LogP contribution is 2.40. The standard InChI is InChI=1S/C28H28N2O/c1-17(2)20-10-8-11-21(18(3)4)27(20)26-16-29-28-24-15-19(31-5)13-14-22(24)23-9-6-7-12-25(23)30(26)28/h6-18H,1-5H3. The maximum Gasteiger partial charge on any atom is 0.145 e. The van der Waals surface area contributed by atoms with Crippen LogP contribution in [0.1, 0.15) is 50.7 Å². The molecule has 2 heterocycles. The van der Waals surface area contributed by atoms with Crippen molar-refractivity contribution in [3.8, 4) is 17.0 Å². The summed E-state index contributed by atoms with van der Waals surface area (Å²) in [6, 6.07) is 21.6. The fourth-order valence-corrected chi connectivity index (χ4v) is 4.78. The van der Waals surface area contributed by atoms with Gasteiger partial charge >= 0.3 is 0 Å². The van der Waals surface area contributed by atoms with Gasteiger partial charge in [-0.1, -0.05) is 64.1 Å². The van der Waals surface area contributed by atoms with Gasteiger partial charge in [0.25, 0.3) is 0 Å². The van der Waals surface area contributed by atoms with Gasteiger partial charge in [-0.05, 0) is 52.6 Å². The quantitative estimate of drug-likeness (QED) is 0.287. The average molecular weight is 409 g/mol. The highest BCUT2D eigenvalue weighted by molar-refractivity contribution is 6.12. The molecule has 0 aliphatic carbocycles. The van der Waals surface area contributed by atoms with Crippen molar-refractivity contribution in [1.82, 2.24) is 9.38 Å². The number of nitrogens with zero attached hydrogens (tertiary/aromatic N) is 2. The second-order valence-electron chi connectivity index (χ2n) is 8.85. The minimum Gasteiger partial charge on any atom is -0.497 e. The zero-order valence-electron chi connectivity index (χ0n) is 18.8. The van der Waals surface area contributed by atoms with Crippen LogP contribution in [0.4, 0.5) is 0 Å². The Labute approximate surface area is 183 Å². The van der Waals surface area contributed by atoms with Crippen LogP contribution in [0.25, 0.3) is 38.6 Å². The van der Waals surface area contributed by atoms with Gasteiger partial charge in [0.1, 0.15) is 11.4 Å². The number of rotatable bonds is 4. The Hall–Kier alpha value is -3.33. The molecule has 0 saturated carbocycles. The van der Waals surface area contributed by atoms with E-state index in [1.165, 1.54) is 33.0 Å². The number of ether oxygens (including phenoxy) is 1. The van der Waals surface area contributed by atoms with Gasteiger partial charge in [0.05, 0.1) is 24.5 Å². The molecule has 0 radical (unpaired) electrons. The number of fused-ring (bicyclic) bond motifs is 6. The lowest BCUT2D eigenvalue weighted by atomic mass is 9.87. The van der Waals surface area contributed by atoms with Gasteiger partial charge in [-0.15, -0.1) is 0 Å². The first-order valence-corrected chi connectivity index (χ1v) is 11.0. The number of aromatic nitrogens is 2. The molecule has 31 heavy (non-hydrogen) atoms. The van der Waals surface area contributed by atoms with E-state index in [2.05, 4.69) is 86.7 Å². The summed E-state index contributed by atoms with van der Waals surface area (Å²) in [6.45, 7) is 9.07. The molecule has 0 unspecified atom stereocenters.